The maximum Gasteiger partial charge on any atom is 0.140 e. The molecule has 0 saturated heterocycles. The maximum atomic E-state index is 8.19. The second-order valence-electron chi connectivity index (χ2n) is 1.36. The first-order chi connectivity index (χ1) is 4.43. The Morgan fingerprint density at radius 1 is 1.56 bits per heavy atom. The minimum atomic E-state index is 0.750. The zero-order valence-corrected chi connectivity index (χ0v) is 5.43. The Bertz CT molecular complexity index is 214. The van der Waals surface area contributed by atoms with E-state index in [1.165, 1.54) is 0 Å². The molecule has 0 amide bonds. The van der Waals surface area contributed by atoms with Gasteiger partial charge in [-0.15, -0.1) is 0 Å². The summed E-state index contributed by atoms with van der Waals surface area (Å²) in [6, 6.07) is 5.47. The summed E-state index contributed by atoms with van der Waals surface area (Å²) in [5.74, 6) is 0. The lowest BCUT2D eigenvalue weighted by atomic mass is 10.5. The first-order valence-electron chi connectivity index (χ1n) is 2.40. The highest BCUT2D eigenvalue weighted by Gasteiger charge is 1.87. The highest BCUT2D eigenvalue weighted by atomic mass is 32.2. The zero-order valence-electron chi connectivity index (χ0n) is 4.61. The fourth-order valence-electron chi connectivity index (χ4n) is 0.454. The third kappa shape index (κ3) is 1.74. The number of nitrogens with zero attached hydrogens (tertiary/aromatic N) is 2. The van der Waals surface area contributed by atoms with Crippen LogP contribution in [0.1, 0.15) is 0 Å². The van der Waals surface area contributed by atoms with Gasteiger partial charge in [0, 0.05) is 18.0 Å². The van der Waals surface area contributed by atoms with Gasteiger partial charge in [0.15, 0.2) is 0 Å². The molecule has 0 radical (unpaired) electrons. The van der Waals surface area contributed by atoms with Crippen molar-refractivity contribution in [2.45, 2.75) is 5.03 Å². The molecule has 0 N–H and O–H groups in total. The molecule has 0 atom stereocenters. The molecule has 0 aliphatic heterocycles. The minimum absolute atomic E-state index is 0.750. The topological polar surface area (TPSA) is 36.7 Å². The van der Waals surface area contributed by atoms with Gasteiger partial charge < -0.3 is 0 Å². The summed E-state index contributed by atoms with van der Waals surface area (Å²) in [4.78, 5) is 3.91. The molecule has 0 unspecified atom stereocenters. The van der Waals surface area contributed by atoms with Crippen molar-refractivity contribution in [1.29, 1.82) is 5.26 Å². The smallest absolute Gasteiger partial charge is 0.140 e. The van der Waals surface area contributed by atoms with Gasteiger partial charge in [0.05, 0.1) is 0 Å². The minimum Gasteiger partial charge on any atom is -0.249 e. The van der Waals surface area contributed by atoms with Crippen LogP contribution in [0.5, 0.6) is 0 Å². The average molecular weight is 136 g/mol. The lowest BCUT2D eigenvalue weighted by Gasteiger charge is -1.86. The summed E-state index contributed by atoms with van der Waals surface area (Å²) in [6.45, 7) is 0. The van der Waals surface area contributed by atoms with Crippen molar-refractivity contribution >= 4 is 11.8 Å². The van der Waals surface area contributed by atoms with E-state index < -0.39 is 0 Å². The second-order valence-corrected chi connectivity index (χ2v) is 2.17. The summed E-state index contributed by atoms with van der Waals surface area (Å²) in [6.07, 6.45) is 1.67. The van der Waals surface area contributed by atoms with Crippen LogP contribution >= 0.6 is 11.8 Å². The molecule has 0 aromatic carbocycles. The van der Waals surface area contributed by atoms with E-state index >= 15 is 0 Å². The van der Waals surface area contributed by atoms with Crippen molar-refractivity contribution in [3.8, 4) is 5.40 Å². The SMILES string of the molecule is N#CSc1ccccn1. The van der Waals surface area contributed by atoms with Crippen LogP contribution < -0.4 is 0 Å². The number of hydrogen-bond acceptors (Lipinski definition) is 3. The Balaban J connectivity index is 2.76. The molecule has 0 spiro atoms. The Kier molecular flexibility index (Phi) is 2.11. The summed E-state index contributed by atoms with van der Waals surface area (Å²) in [5.41, 5.74) is 0. The van der Waals surface area contributed by atoms with Crippen molar-refractivity contribution in [3.05, 3.63) is 24.4 Å². The molecule has 0 aliphatic carbocycles. The van der Waals surface area contributed by atoms with Crippen LogP contribution in [0, 0.1) is 10.7 Å². The van der Waals surface area contributed by atoms with Gasteiger partial charge in [0.1, 0.15) is 10.4 Å². The Morgan fingerprint density at radius 2 is 2.44 bits per heavy atom. The van der Waals surface area contributed by atoms with Crippen LogP contribution in [0.15, 0.2) is 29.4 Å². The summed E-state index contributed by atoms with van der Waals surface area (Å²) in [5, 5.41) is 10.9. The van der Waals surface area contributed by atoms with Gasteiger partial charge in [0.2, 0.25) is 0 Å². The van der Waals surface area contributed by atoms with Crippen LogP contribution in [0.3, 0.4) is 0 Å². The Morgan fingerprint density at radius 3 is 3.00 bits per heavy atom. The van der Waals surface area contributed by atoms with Crippen LogP contribution in [0.25, 0.3) is 0 Å². The third-order valence-electron chi connectivity index (χ3n) is 0.788. The second kappa shape index (κ2) is 3.10. The Labute approximate surface area is 57.5 Å². The number of hydrogen-bond donors (Lipinski definition) is 0. The van der Waals surface area contributed by atoms with Gasteiger partial charge in [-0.2, -0.15) is 5.26 Å². The zero-order chi connectivity index (χ0) is 6.53. The van der Waals surface area contributed by atoms with E-state index in [2.05, 4.69) is 4.98 Å². The summed E-state index contributed by atoms with van der Waals surface area (Å²) < 4.78 is 0. The van der Waals surface area contributed by atoms with E-state index in [4.69, 9.17) is 5.26 Å². The Hall–Kier alpha value is -1.01. The van der Waals surface area contributed by atoms with Crippen molar-refractivity contribution in [2.75, 3.05) is 0 Å². The number of rotatable bonds is 1. The lowest BCUT2D eigenvalue weighted by Crippen LogP contribution is -1.71. The molecule has 0 saturated carbocycles. The first kappa shape index (κ1) is 6.12. The van der Waals surface area contributed by atoms with Crippen LogP contribution in [-0.2, 0) is 0 Å². The normalized spacial score (nSPS) is 8.33. The van der Waals surface area contributed by atoms with Crippen molar-refractivity contribution < 1.29 is 0 Å². The standard InChI is InChI=1S/C6H4N2S/c7-5-9-6-3-1-2-4-8-6/h1-4H. The van der Waals surface area contributed by atoms with Crippen LogP contribution in [0.4, 0.5) is 0 Å². The maximum absolute atomic E-state index is 8.19. The molecule has 3 heteroatoms. The molecule has 2 nitrogen and oxygen atoms in total. The van der Waals surface area contributed by atoms with E-state index in [1.807, 2.05) is 17.5 Å². The van der Waals surface area contributed by atoms with Crippen molar-refractivity contribution in [2.24, 2.45) is 0 Å². The highest BCUT2D eigenvalue weighted by Crippen LogP contribution is 2.10. The van der Waals surface area contributed by atoms with Gasteiger partial charge in [-0.25, -0.2) is 4.98 Å². The van der Waals surface area contributed by atoms with E-state index in [0.717, 1.165) is 16.8 Å². The molecule has 44 valence electrons. The first-order valence-corrected chi connectivity index (χ1v) is 3.22. The van der Waals surface area contributed by atoms with Gasteiger partial charge in [-0.05, 0) is 12.1 Å². The van der Waals surface area contributed by atoms with Crippen molar-refractivity contribution in [3.63, 3.8) is 0 Å². The number of aromatic nitrogens is 1. The number of nitriles is 1. The molecular weight excluding hydrogens is 132 g/mol. The largest absolute Gasteiger partial charge is 0.249 e. The van der Waals surface area contributed by atoms with Gasteiger partial charge in [-0.3, -0.25) is 0 Å². The monoisotopic (exact) mass is 136 g/mol. The van der Waals surface area contributed by atoms with E-state index in [9.17, 15) is 0 Å². The van der Waals surface area contributed by atoms with E-state index in [1.54, 1.807) is 12.3 Å². The molecule has 0 bridgehead atoms. The lowest BCUT2D eigenvalue weighted by molar-refractivity contribution is 1.14. The van der Waals surface area contributed by atoms with Gasteiger partial charge in [-0.1, -0.05) is 6.07 Å². The van der Waals surface area contributed by atoms with Gasteiger partial charge in [0.25, 0.3) is 0 Å². The number of thioether (sulfide) groups is 1. The highest BCUT2D eigenvalue weighted by molar-refractivity contribution is 8.03. The van der Waals surface area contributed by atoms with Crippen LogP contribution in [0.2, 0.25) is 0 Å². The fraction of sp³-hybridized carbons (Fsp3) is 0. The molecule has 1 aromatic heterocycles. The number of pyridine rings is 1. The molecule has 0 fully saturated rings. The van der Waals surface area contributed by atoms with Crippen LogP contribution in [-0.4, -0.2) is 4.98 Å². The predicted octanol–water partition coefficient (Wildman–Crippen LogP) is 1.65. The van der Waals surface area contributed by atoms with E-state index in [0.29, 0.717) is 0 Å². The van der Waals surface area contributed by atoms with Crippen molar-refractivity contribution in [1.82, 2.24) is 4.98 Å². The molecular formula is C6H4N2S. The van der Waals surface area contributed by atoms with Gasteiger partial charge >= 0.3 is 0 Å². The molecule has 0 aliphatic rings. The van der Waals surface area contributed by atoms with E-state index in [-0.39, 0.29) is 0 Å². The third-order valence-corrected chi connectivity index (χ3v) is 1.33. The summed E-state index contributed by atoms with van der Waals surface area (Å²) >= 11 is 1.07. The fourth-order valence-corrected chi connectivity index (χ4v) is 0.808. The molecule has 1 aromatic rings. The molecule has 1 heterocycles. The number of thiocyanates is 1. The molecule has 1 rings (SSSR count). The predicted molar refractivity (Wildman–Crippen MR) is 35.7 cm³/mol. The average Bonchev–Trinajstić information content (AvgIpc) is 1.91. The molecule has 9 heavy (non-hydrogen) atoms. The quantitative estimate of drug-likeness (QED) is 0.435. The summed E-state index contributed by atoms with van der Waals surface area (Å²) in [7, 11) is 0.